The maximum atomic E-state index is 13.7. The summed E-state index contributed by atoms with van der Waals surface area (Å²) in [6, 6.07) is 7.40. The van der Waals surface area contributed by atoms with E-state index >= 15 is 0 Å². The first-order valence-corrected chi connectivity index (χ1v) is 12.9. The molecular weight excluding hydrogens is 530 g/mol. The highest BCUT2D eigenvalue weighted by atomic mass is 79.9. The number of fused-ring (bicyclic) bond motifs is 1. The predicted octanol–water partition coefficient (Wildman–Crippen LogP) is 4.85. The maximum Gasteiger partial charge on any atom is 0.336 e. The number of benzene rings is 1. The average molecular weight is 556 g/mol. The van der Waals surface area contributed by atoms with E-state index in [1.54, 1.807) is 6.26 Å². The summed E-state index contributed by atoms with van der Waals surface area (Å²) in [5.41, 5.74) is 3.20. The van der Waals surface area contributed by atoms with E-state index in [2.05, 4.69) is 21.2 Å². The number of furan rings is 1. The molecule has 1 aliphatic carbocycles. The third-order valence-electron chi connectivity index (χ3n) is 7.22. The number of halogens is 1. The molecule has 0 bridgehead atoms. The van der Waals surface area contributed by atoms with Crippen molar-refractivity contribution < 1.29 is 33.0 Å². The zero-order valence-corrected chi connectivity index (χ0v) is 21.4. The predicted molar refractivity (Wildman–Crippen MR) is 131 cm³/mol. The zero-order chi connectivity index (χ0) is 24.8. The van der Waals surface area contributed by atoms with Crippen LogP contribution in [-0.4, -0.2) is 37.9 Å². The standard InChI is InChI=1S/C27H26BrNO7/c1-14-24(27(31)34-12-16-4-2-6-32-16)25(17-10-22-23(11-18(17)28)36-13-35-22)26-19(29-14)8-15(9-20(26)30)21-5-3-7-33-21/h3,5,7,10-11,15-16,25,29H,2,4,6,8-9,12-13H2,1H3/t15-,16+,25+/m1/s1. The van der Waals surface area contributed by atoms with Gasteiger partial charge in [0.15, 0.2) is 17.3 Å². The van der Waals surface area contributed by atoms with Crippen LogP contribution in [0.1, 0.15) is 55.8 Å². The van der Waals surface area contributed by atoms with Crippen molar-refractivity contribution in [2.45, 2.75) is 50.5 Å². The molecule has 1 N–H and O–H groups in total. The summed E-state index contributed by atoms with van der Waals surface area (Å²) >= 11 is 3.66. The number of dihydropyridines is 1. The van der Waals surface area contributed by atoms with Crippen molar-refractivity contribution in [3.05, 3.63) is 68.9 Å². The molecular formula is C27H26BrNO7. The Bertz CT molecular complexity index is 1270. The highest BCUT2D eigenvalue weighted by Gasteiger charge is 2.43. The molecule has 3 atom stereocenters. The number of carbonyl (C=O) groups is 2. The summed E-state index contributed by atoms with van der Waals surface area (Å²) in [6.45, 7) is 2.84. The Labute approximate surface area is 216 Å². The van der Waals surface area contributed by atoms with Gasteiger partial charge in [0.1, 0.15) is 12.4 Å². The molecule has 0 radical (unpaired) electrons. The van der Waals surface area contributed by atoms with Crippen molar-refractivity contribution in [1.29, 1.82) is 0 Å². The monoisotopic (exact) mass is 555 g/mol. The largest absolute Gasteiger partial charge is 0.469 e. The van der Waals surface area contributed by atoms with Gasteiger partial charge in [0.25, 0.3) is 0 Å². The topological polar surface area (TPSA) is 96.2 Å². The van der Waals surface area contributed by atoms with Gasteiger partial charge in [-0.25, -0.2) is 4.79 Å². The van der Waals surface area contributed by atoms with Gasteiger partial charge < -0.3 is 28.7 Å². The first-order valence-electron chi connectivity index (χ1n) is 12.1. The number of nitrogens with one attached hydrogen (secondary N) is 1. The van der Waals surface area contributed by atoms with Crippen LogP contribution in [0.3, 0.4) is 0 Å². The number of carbonyl (C=O) groups excluding carboxylic acids is 2. The third kappa shape index (κ3) is 4.14. The van der Waals surface area contributed by atoms with Crippen molar-refractivity contribution in [2.75, 3.05) is 20.0 Å². The minimum atomic E-state index is -0.618. The van der Waals surface area contributed by atoms with Crippen LogP contribution >= 0.6 is 15.9 Å². The number of esters is 1. The molecule has 9 heteroatoms. The molecule has 188 valence electrons. The fraction of sp³-hybridized carbons (Fsp3) is 0.407. The van der Waals surface area contributed by atoms with E-state index < -0.39 is 11.9 Å². The van der Waals surface area contributed by atoms with Crippen LogP contribution in [0.25, 0.3) is 0 Å². The molecule has 0 amide bonds. The number of hydrogen-bond donors (Lipinski definition) is 1. The lowest BCUT2D eigenvalue weighted by Gasteiger charge is -2.36. The molecule has 1 saturated heterocycles. The number of Topliss-reactive ketones (excluding diaryl/α,β-unsaturated/α-hetero) is 1. The van der Waals surface area contributed by atoms with E-state index in [9.17, 15) is 9.59 Å². The highest BCUT2D eigenvalue weighted by molar-refractivity contribution is 9.10. The number of allylic oxidation sites excluding steroid dienone is 3. The Morgan fingerprint density at radius 1 is 1.22 bits per heavy atom. The van der Waals surface area contributed by atoms with Crippen LogP contribution in [0.5, 0.6) is 11.5 Å². The summed E-state index contributed by atoms with van der Waals surface area (Å²) in [7, 11) is 0. The Morgan fingerprint density at radius 3 is 2.81 bits per heavy atom. The van der Waals surface area contributed by atoms with Crippen LogP contribution in [0, 0.1) is 0 Å². The molecule has 0 unspecified atom stereocenters. The van der Waals surface area contributed by atoms with Gasteiger partial charge in [0, 0.05) is 46.3 Å². The first kappa shape index (κ1) is 23.4. The van der Waals surface area contributed by atoms with Gasteiger partial charge in [-0.1, -0.05) is 15.9 Å². The van der Waals surface area contributed by atoms with Crippen LogP contribution in [0.15, 0.2) is 62.0 Å². The van der Waals surface area contributed by atoms with Gasteiger partial charge in [0.2, 0.25) is 6.79 Å². The molecule has 1 fully saturated rings. The minimum absolute atomic E-state index is 0.0309. The summed E-state index contributed by atoms with van der Waals surface area (Å²) < 4.78 is 28.9. The molecule has 4 aliphatic rings. The molecule has 0 spiro atoms. The SMILES string of the molecule is CC1=C(C(=O)OC[C@@H]2CCCO2)[C@H](c2cc3c(cc2Br)OCO3)C2=C(C[C@@H](c3ccco3)CC2=O)N1. The van der Waals surface area contributed by atoms with Gasteiger partial charge in [-0.15, -0.1) is 0 Å². The Kier molecular flexibility index (Phi) is 6.13. The smallest absolute Gasteiger partial charge is 0.336 e. The molecule has 8 nitrogen and oxygen atoms in total. The van der Waals surface area contributed by atoms with Gasteiger partial charge >= 0.3 is 5.97 Å². The van der Waals surface area contributed by atoms with E-state index in [-0.39, 0.29) is 31.2 Å². The van der Waals surface area contributed by atoms with E-state index in [1.165, 1.54) is 0 Å². The first-order chi connectivity index (χ1) is 17.5. The van der Waals surface area contributed by atoms with E-state index in [0.717, 1.165) is 34.3 Å². The summed E-state index contributed by atoms with van der Waals surface area (Å²) in [5, 5.41) is 3.36. The highest BCUT2D eigenvalue weighted by Crippen LogP contribution is 2.49. The van der Waals surface area contributed by atoms with E-state index in [0.29, 0.717) is 47.8 Å². The zero-order valence-electron chi connectivity index (χ0n) is 19.8. The molecule has 6 rings (SSSR count). The normalized spacial score (nSPS) is 25.2. The lowest BCUT2D eigenvalue weighted by atomic mass is 9.72. The second kappa shape index (κ2) is 9.44. The minimum Gasteiger partial charge on any atom is -0.469 e. The molecule has 4 heterocycles. The van der Waals surface area contributed by atoms with Gasteiger partial charge in [-0.2, -0.15) is 0 Å². The average Bonchev–Trinajstić information content (AvgIpc) is 3.64. The Morgan fingerprint density at radius 2 is 2.06 bits per heavy atom. The lowest BCUT2D eigenvalue weighted by molar-refractivity contribution is -0.142. The summed E-state index contributed by atoms with van der Waals surface area (Å²) in [4.78, 5) is 27.2. The number of ketones is 1. The van der Waals surface area contributed by atoms with E-state index in [4.69, 9.17) is 23.4 Å². The number of ether oxygens (including phenoxy) is 4. The van der Waals surface area contributed by atoms with Crippen molar-refractivity contribution in [3.8, 4) is 11.5 Å². The van der Waals surface area contributed by atoms with Crippen molar-refractivity contribution in [2.24, 2.45) is 0 Å². The molecule has 3 aliphatic heterocycles. The molecule has 1 aromatic carbocycles. The van der Waals surface area contributed by atoms with Crippen molar-refractivity contribution >= 4 is 27.7 Å². The van der Waals surface area contributed by atoms with Gasteiger partial charge in [-0.3, -0.25) is 4.79 Å². The number of hydrogen-bond acceptors (Lipinski definition) is 8. The second-order valence-corrected chi connectivity index (χ2v) is 10.3. The van der Waals surface area contributed by atoms with E-state index in [1.807, 2.05) is 31.2 Å². The summed E-state index contributed by atoms with van der Waals surface area (Å²) in [5.74, 6) is 0.794. The van der Waals surface area contributed by atoms with Crippen LogP contribution < -0.4 is 14.8 Å². The van der Waals surface area contributed by atoms with Crippen molar-refractivity contribution in [3.63, 3.8) is 0 Å². The van der Waals surface area contributed by atoms with Crippen LogP contribution in [0.2, 0.25) is 0 Å². The molecule has 1 aromatic heterocycles. The number of rotatable bonds is 5. The Hall–Kier alpha value is -3.04. The molecule has 2 aromatic rings. The lowest BCUT2D eigenvalue weighted by Crippen LogP contribution is -2.36. The quantitative estimate of drug-likeness (QED) is 0.523. The van der Waals surface area contributed by atoms with Gasteiger partial charge in [-0.05, 0) is 56.0 Å². The van der Waals surface area contributed by atoms with Crippen LogP contribution in [0.4, 0.5) is 0 Å². The van der Waals surface area contributed by atoms with Crippen LogP contribution in [-0.2, 0) is 19.1 Å². The van der Waals surface area contributed by atoms with Crippen molar-refractivity contribution in [1.82, 2.24) is 5.32 Å². The second-order valence-electron chi connectivity index (χ2n) is 9.49. The fourth-order valence-electron chi connectivity index (χ4n) is 5.52. The summed E-state index contributed by atoms with van der Waals surface area (Å²) in [6.07, 6.45) is 4.25. The third-order valence-corrected chi connectivity index (χ3v) is 7.91. The van der Waals surface area contributed by atoms with Gasteiger partial charge in [0.05, 0.1) is 17.9 Å². The molecule has 0 saturated carbocycles. The maximum absolute atomic E-state index is 13.7. The molecule has 36 heavy (non-hydrogen) atoms. The Balaban J connectivity index is 1.40. The fourth-order valence-corrected chi connectivity index (χ4v) is 6.07.